The molecule has 0 fully saturated rings. The van der Waals surface area contributed by atoms with Gasteiger partial charge in [-0.3, -0.25) is 9.59 Å². The molecule has 0 aliphatic heterocycles. The zero-order chi connectivity index (χ0) is 12.9. The zero-order valence-electron chi connectivity index (χ0n) is 11.0. The van der Waals surface area contributed by atoms with Gasteiger partial charge in [0.2, 0.25) is 6.79 Å². The van der Waals surface area contributed by atoms with Crippen molar-refractivity contribution in [2.45, 2.75) is 65.2 Å². The second-order valence-corrected chi connectivity index (χ2v) is 4.06. The van der Waals surface area contributed by atoms with E-state index in [1.165, 1.54) is 12.8 Å². The minimum Gasteiger partial charge on any atom is -0.428 e. The maximum atomic E-state index is 11.2. The Bertz CT molecular complexity index is 213. The van der Waals surface area contributed by atoms with Gasteiger partial charge < -0.3 is 9.47 Å². The molecular formula is C13H24O4. The van der Waals surface area contributed by atoms with Gasteiger partial charge in [-0.15, -0.1) is 0 Å². The molecule has 100 valence electrons. The fourth-order valence-corrected chi connectivity index (χ4v) is 1.38. The van der Waals surface area contributed by atoms with Crippen molar-refractivity contribution in [3.63, 3.8) is 0 Å². The highest BCUT2D eigenvalue weighted by atomic mass is 16.7. The lowest BCUT2D eigenvalue weighted by atomic mass is 10.1. The summed E-state index contributed by atoms with van der Waals surface area (Å²) in [5.74, 6) is -0.603. The topological polar surface area (TPSA) is 52.6 Å². The fourth-order valence-electron chi connectivity index (χ4n) is 1.38. The molecule has 0 rings (SSSR count). The van der Waals surface area contributed by atoms with Gasteiger partial charge in [0.25, 0.3) is 0 Å². The summed E-state index contributed by atoms with van der Waals surface area (Å²) in [6, 6.07) is 0. The Labute approximate surface area is 104 Å². The minimum absolute atomic E-state index is 0.243. The van der Waals surface area contributed by atoms with Crippen molar-refractivity contribution in [2.24, 2.45) is 0 Å². The molecule has 0 aromatic carbocycles. The van der Waals surface area contributed by atoms with Gasteiger partial charge in [-0.05, 0) is 12.8 Å². The third-order valence-electron chi connectivity index (χ3n) is 2.38. The molecule has 0 amide bonds. The fraction of sp³-hybridized carbons (Fsp3) is 0.846. The highest BCUT2D eigenvalue weighted by Crippen LogP contribution is 2.05. The highest BCUT2D eigenvalue weighted by molar-refractivity contribution is 5.70. The largest absolute Gasteiger partial charge is 0.428 e. The number of hydrogen-bond acceptors (Lipinski definition) is 4. The van der Waals surface area contributed by atoms with Gasteiger partial charge in [-0.25, -0.2) is 0 Å². The highest BCUT2D eigenvalue weighted by Gasteiger charge is 2.05. The van der Waals surface area contributed by atoms with E-state index in [1.54, 1.807) is 0 Å². The number of carbonyl (C=O) groups excluding carboxylic acids is 2. The first kappa shape index (κ1) is 15.9. The molecule has 0 bridgehead atoms. The van der Waals surface area contributed by atoms with E-state index in [9.17, 15) is 9.59 Å². The Morgan fingerprint density at radius 1 is 0.765 bits per heavy atom. The van der Waals surface area contributed by atoms with Crippen molar-refractivity contribution in [1.82, 2.24) is 0 Å². The number of carbonyl (C=O) groups is 2. The molecule has 0 radical (unpaired) electrons. The van der Waals surface area contributed by atoms with E-state index >= 15 is 0 Å². The van der Waals surface area contributed by atoms with Crippen LogP contribution in [0.3, 0.4) is 0 Å². The first-order valence-electron chi connectivity index (χ1n) is 6.52. The Kier molecular flexibility index (Phi) is 10.7. The summed E-state index contributed by atoms with van der Waals surface area (Å²) >= 11 is 0. The summed E-state index contributed by atoms with van der Waals surface area (Å²) in [6.45, 7) is 3.80. The van der Waals surface area contributed by atoms with Crippen LogP contribution in [0.1, 0.15) is 65.2 Å². The molecule has 0 N–H and O–H groups in total. The molecule has 0 saturated heterocycles. The first-order chi connectivity index (χ1) is 8.20. The molecule has 0 aliphatic rings. The smallest absolute Gasteiger partial charge is 0.308 e. The van der Waals surface area contributed by atoms with Crippen LogP contribution >= 0.6 is 0 Å². The van der Waals surface area contributed by atoms with Crippen molar-refractivity contribution in [2.75, 3.05) is 6.79 Å². The van der Waals surface area contributed by atoms with E-state index in [0.29, 0.717) is 12.8 Å². The summed E-state index contributed by atoms with van der Waals surface area (Å²) < 4.78 is 9.50. The third kappa shape index (κ3) is 11.2. The monoisotopic (exact) mass is 244 g/mol. The number of unbranched alkanes of at least 4 members (excludes halogenated alkanes) is 4. The van der Waals surface area contributed by atoms with Crippen LogP contribution in [0.5, 0.6) is 0 Å². The second kappa shape index (κ2) is 11.4. The molecule has 0 heterocycles. The molecule has 0 saturated carbocycles. The number of hydrogen-bond donors (Lipinski definition) is 0. The van der Waals surface area contributed by atoms with Crippen molar-refractivity contribution >= 4 is 11.9 Å². The normalized spacial score (nSPS) is 10.0. The summed E-state index contributed by atoms with van der Waals surface area (Å²) in [7, 11) is 0. The van der Waals surface area contributed by atoms with E-state index in [4.69, 9.17) is 9.47 Å². The molecular weight excluding hydrogens is 220 g/mol. The molecule has 0 aliphatic carbocycles. The second-order valence-electron chi connectivity index (χ2n) is 4.06. The molecule has 0 unspecified atom stereocenters. The van der Waals surface area contributed by atoms with Crippen LogP contribution in [0.2, 0.25) is 0 Å². The average molecular weight is 244 g/mol. The van der Waals surface area contributed by atoms with Crippen LogP contribution in [-0.2, 0) is 19.1 Å². The van der Waals surface area contributed by atoms with E-state index in [2.05, 4.69) is 6.92 Å². The molecule has 0 aromatic rings. The van der Waals surface area contributed by atoms with Crippen LogP contribution in [0.25, 0.3) is 0 Å². The van der Waals surface area contributed by atoms with Crippen molar-refractivity contribution in [3.8, 4) is 0 Å². The summed E-state index contributed by atoms with van der Waals surface area (Å²) in [5, 5.41) is 0. The minimum atomic E-state index is -0.316. The molecule has 0 atom stereocenters. The van der Waals surface area contributed by atoms with Crippen LogP contribution in [-0.4, -0.2) is 18.7 Å². The standard InChI is InChI=1S/C13H24O4/c1-3-5-6-7-8-10-13(15)17-11-16-12(14)9-4-2/h3-11H2,1-2H3. The van der Waals surface area contributed by atoms with E-state index in [-0.39, 0.29) is 18.7 Å². The maximum Gasteiger partial charge on any atom is 0.308 e. The lowest BCUT2D eigenvalue weighted by Crippen LogP contribution is -2.12. The van der Waals surface area contributed by atoms with Crippen LogP contribution in [0.4, 0.5) is 0 Å². The number of rotatable bonds is 10. The van der Waals surface area contributed by atoms with Gasteiger partial charge in [0.1, 0.15) is 0 Å². The number of esters is 2. The van der Waals surface area contributed by atoms with Gasteiger partial charge in [0.15, 0.2) is 0 Å². The van der Waals surface area contributed by atoms with Crippen molar-refractivity contribution < 1.29 is 19.1 Å². The lowest BCUT2D eigenvalue weighted by molar-refractivity contribution is -0.167. The summed E-state index contributed by atoms with van der Waals surface area (Å²) in [4.78, 5) is 22.1. The van der Waals surface area contributed by atoms with Crippen molar-refractivity contribution in [3.05, 3.63) is 0 Å². The van der Waals surface area contributed by atoms with Gasteiger partial charge in [-0.1, -0.05) is 39.5 Å². The SMILES string of the molecule is CCCCCCCC(=O)OCOC(=O)CCC. The predicted molar refractivity (Wildman–Crippen MR) is 65.3 cm³/mol. The van der Waals surface area contributed by atoms with Crippen LogP contribution in [0, 0.1) is 0 Å². The van der Waals surface area contributed by atoms with Crippen LogP contribution in [0.15, 0.2) is 0 Å². The Hall–Kier alpha value is -1.06. The molecule has 4 nitrogen and oxygen atoms in total. The van der Waals surface area contributed by atoms with E-state index < -0.39 is 0 Å². The Balaban J connectivity index is 3.31. The molecule has 4 heteroatoms. The van der Waals surface area contributed by atoms with E-state index in [0.717, 1.165) is 25.7 Å². The van der Waals surface area contributed by atoms with Crippen molar-refractivity contribution in [1.29, 1.82) is 0 Å². The predicted octanol–water partition coefficient (Wildman–Crippen LogP) is 3.19. The van der Waals surface area contributed by atoms with Gasteiger partial charge in [-0.2, -0.15) is 0 Å². The average Bonchev–Trinajstić information content (AvgIpc) is 2.29. The summed E-state index contributed by atoms with van der Waals surface area (Å²) in [6.07, 6.45) is 6.99. The lowest BCUT2D eigenvalue weighted by Gasteiger charge is -2.05. The third-order valence-corrected chi connectivity index (χ3v) is 2.38. The number of ether oxygens (including phenoxy) is 2. The quantitative estimate of drug-likeness (QED) is 0.336. The Morgan fingerprint density at radius 2 is 1.35 bits per heavy atom. The van der Waals surface area contributed by atoms with Gasteiger partial charge in [0, 0.05) is 12.8 Å². The molecule has 0 spiro atoms. The van der Waals surface area contributed by atoms with Gasteiger partial charge in [0.05, 0.1) is 0 Å². The van der Waals surface area contributed by atoms with E-state index in [1.807, 2.05) is 6.92 Å². The molecule has 0 aromatic heterocycles. The van der Waals surface area contributed by atoms with Gasteiger partial charge >= 0.3 is 11.9 Å². The zero-order valence-corrected chi connectivity index (χ0v) is 11.0. The van der Waals surface area contributed by atoms with Crippen LogP contribution < -0.4 is 0 Å². The maximum absolute atomic E-state index is 11.2. The first-order valence-corrected chi connectivity index (χ1v) is 6.52. The molecule has 17 heavy (non-hydrogen) atoms. The Morgan fingerprint density at radius 3 is 1.94 bits per heavy atom. The summed E-state index contributed by atoms with van der Waals surface area (Å²) in [5.41, 5.74) is 0.